The van der Waals surface area contributed by atoms with Crippen LogP contribution in [0.25, 0.3) is 10.8 Å². The van der Waals surface area contributed by atoms with Crippen LogP contribution in [0.2, 0.25) is 0 Å². The first-order chi connectivity index (χ1) is 8.16. The smallest absolute Gasteiger partial charge is 0.0120 e. The van der Waals surface area contributed by atoms with Gasteiger partial charge in [-0.1, -0.05) is 50.2 Å². The van der Waals surface area contributed by atoms with Crippen LogP contribution in [0.1, 0.15) is 37.8 Å². The van der Waals surface area contributed by atoms with Crippen molar-refractivity contribution < 1.29 is 0 Å². The van der Waals surface area contributed by atoms with Gasteiger partial charge in [0.2, 0.25) is 0 Å². The van der Waals surface area contributed by atoms with Gasteiger partial charge in [0.25, 0.3) is 0 Å². The van der Waals surface area contributed by atoms with Gasteiger partial charge in [-0.15, -0.1) is 0 Å². The molecule has 0 atom stereocenters. The van der Waals surface area contributed by atoms with Crippen LogP contribution in [-0.4, -0.2) is 0 Å². The van der Waals surface area contributed by atoms with Gasteiger partial charge in [0.1, 0.15) is 0 Å². The van der Waals surface area contributed by atoms with Crippen molar-refractivity contribution in [2.24, 2.45) is 5.41 Å². The molecule has 0 amide bonds. The molecule has 2 aromatic rings. The molecule has 0 N–H and O–H groups in total. The molecule has 0 radical (unpaired) electrons. The van der Waals surface area contributed by atoms with E-state index in [0.29, 0.717) is 5.41 Å². The van der Waals surface area contributed by atoms with E-state index in [2.05, 4.69) is 50.2 Å². The lowest BCUT2D eigenvalue weighted by atomic mass is 9.77. The lowest BCUT2D eigenvalue weighted by Crippen LogP contribution is -2.17. The van der Waals surface area contributed by atoms with Crippen molar-refractivity contribution in [1.29, 1.82) is 0 Å². The molecule has 17 heavy (non-hydrogen) atoms. The summed E-state index contributed by atoms with van der Waals surface area (Å²) >= 11 is 0. The molecule has 0 aromatic heterocycles. The van der Waals surface area contributed by atoms with E-state index in [4.69, 9.17) is 0 Å². The van der Waals surface area contributed by atoms with E-state index in [1.54, 1.807) is 11.1 Å². The Morgan fingerprint density at radius 2 is 1.65 bits per heavy atom. The van der Waals surface area contributed by atoms with Gasteiger partial charge in [-0.05, 0) is 53.0 Å². The van der Waals surface area contributed by atoms with Gasteiger partial charge in [0.15, 0.2) is 0 Å². The molecule has 0 fully saturated rings. The van der Waals surface area contributed by atoms with E-state index >= 15 is 0 Å². The second-order valence-electron chi connectivity index (χ2n) is 6.13. The van der Waals surface area contributed by atoms with Crippen molar-refractivity contribution in [3.63, 3.8) is 0 Å². The maximum absolute atomic E-state index is 2.40. The minimum Gasteiger partial charge on any atom is -0.0614 e. The Balaban J connectivity index is 2.26. The van der Waals surface area contributed by atoms with Gasteiger partial charge in [-0.2, -0.15) is 0 Å². The SMILES string of the molecule is CC1(C)CCCc2cccc3cccc(c23)C1. The zero-order valence-corrected chi connectivity index (χ0v) is 10.8. The number of hydrogen-bond acceptors (Lipinski definition) is 0. The quantitative estimate of drug-likeness (QED) is 0.606. The van der Waals surface area contributed by atoms with Crippen molar-refractivity contribution in [1.82, 2.24) is 0 Å². The molecule has 0 spiro atoms. The van der Waals surface area contributed by atoms with Crippen molar-refractivity contribution in [2.75, 3.05) is 0 Å². The number of hydrogen-bond donors (Lipinski definition) is 0. The van der Waals surface area contributed by atoms with Crippen molar-refractivity contribution in [3.8, 4) is 0 Å². The monoisotopic (exact) mass is 224 g/mol. The molecule has 0 heteroatoms. The molecule has 0 heterocycles. The van der Waals surface area contributed by atoms with Gasteiger partial charge in [0.05, 0.1) is 0 Å². The molecular formula is C17H20. The van der Waals surface area contributed by atoms with Gasteiger partial charge in [-0.25, -0.2) is 0 Å². The van der Waals surface area contributed by atoms with Crippen molar-refractivity contribution in [3.05, 3.63) is 47.5 Å². The predicted molar refractivity (Wildman–Crippen MR) is 74.4 cm³/mol. The molecule has 0 saturated heterocycles. The maximum Gasteiger partial charge on any atom is -0.0120 e. The van der Waals surface area contributed by atoms with E-state index in [1.807, 2.05) is 0 Å². The number of aryl methyl sites for hydroxylation is 1. The molecule has 0 bridgehead atoms. The van der Waals surface area contributed by atoms with Crippen LogP contribution in [0, 0.1) is 5.41 Å². The molecule has 0 nitrogen and oxygen atoms in total. The van der Waals surface area contributed by atoms with E-state index < -0.39 is 0 Å². The molecule has 88 valence electrons. The number of rotatable bonds is 0. The van der Waals surface area contributed by atoms with E-state index in [1.165, 1.54) is 36.5 Å². The Labute approximate surface area is 104 Å². The van der Waals surface area contributed by atoms with Crippen LogP contribution >= 0.6 is 0 Å². The molecule has 3 rings (SSSR count). The van der Waals surface area contributed by atoms with Crippen LogP contribution in [0.5, 0.6) is 0 Å². The molecule has 1 aliphatic rings. The van der Waals surface area contributed by atoms with E-state index in [0.717, 1.165) is 0 Å². The molecular weight excluding hydrogens is 204 g/mol. The number of benzene rings is 2. The van der Waals surface area contributed by atoms with Crippen LogP contribution in [-0.2, 0) is 12.8 Å². The zero-order chi connectivity index (χ0) is 11.9. The molecule has 0 unspecified atom stereocenters. The van der Waals surface area contributed by atoms with Crippen LogP contribution < -0.4 is 0 Å². The highest BCUT2D eigenvalue weighted by molar-refractivity contribution is 5.89. The van der Waals surface area contributed by atoms with Gasteiger partial charge in [-0.3, -0.25) is 0 Å². The van der Waals surface area contributed by atoms with Crippen molar-refractivity contribution >= 4 is 10.8 Å². The highest BCUT2D eigenvalue weighted by Crippen LogP contribution is 2.35. The lowest BCUT2D eigenvalue weighted by molar-refractivity contribution is 0.322. The largest absolute Gasteiger partial charge is 0.0614 e. The average molecular weight is 224 g/mol. The second kappa shape index (κ2) is 3.87. The average Bonchev–Trinajstić information content (AvgIpc) is 2.27. The summed E-state index contributed by atoms with van der Waals surface area (Å²) in [6.07, 6.45) is 5.09. The van der Waals surface area contributed by atoms with Crippen molar-refractivity contribution in [2.45, 2.75) is 39.5 Å². The third kappa shape index (κ3) is 1.97. The standard InChI is InChI=1S/C17H20/c1-17(2)11-5-10-14-7-3-6-13-8-4-9-15(12-17)16(13)14/h3-4,6-9H,5,10-12H2,1-2H3. The summed E-state index contributed by atoms with van der Waals surface area (Å²) in [5.41, 5.74) is 3.54. The predicted octanol–water partition coefficient (Wildman–Crippen LogP) is 4.74. The summed E-state index contributed by atoms with van der Waals surface area (Å²) in [7, 11) is 0. The van der Waals surface area contributed by atoms with E-state index in [-0.39, 0.29) is 0 Å². The Bertz CT molecular complexity index is 544. The summed E-state index contributed by atoms with van der Waals surface area (Å²) in [6.45, 7) is 4.81. The second-order valence-corrected chi connectivity index (χ2v) is 6.13. The lowest BCUT2D eigenvalue weighted by Gasteiger charge is -2.28. The Morgan fingerprint density at radius 3 is 2.41 bits per heavy atom. The molecule has 2 aromatic carbocycles. The Hall–Kier alpha value is -1.30. The first-order valence-electron chi connectivity index (χ1n) is 6.65. The fraction of sp³-hybridized carbons (Fsp3) is 0.412. The fourth-order valence-electron chi connectivity index (χ4n) is 3.22. The summed E-state index contributed by atoms with van der Waals surface area (Å²) in [6, 6.07) is 13.5. The summed E-state index contributed by atoms with van der Waals surface area (Å²) in [5.74, 6) is 0. The third-order valence-corrected chi connectivity index (χ3v) is 4.05. The van der Waals surface area contributed by atoms with Crippen LogP contribution in [0.4, 0.5) is 0 Å². The maximum atomic E-state index is 2.40. The Morgan fingerprint density at radius 1 is 0.941 bits per heavy atom. The minimum atomic E-state index is 0.446. The van der Waals surface area contributed by atoms with Gasteiger partial charge in [0, 0.05) is 0 Å². The molecule has 0 aliphatic heterocycles. The van der Waals surface area contributed by atoms with Gasteiger partial charge >= 0.3 is 0 Å². The first-order valence-corrected chi connectivity index (χ1v) is 6.65. The highest BCUT2D eigenvalue weighted by Gasteiger charge is 2.22. The molecule has 0 saturated carbocycles. The van der Waals surface area contributed by atoms with Gasteiger partial charge < -0.3 is 0 Å². The molecule has 1 aliphatic carbocycles. The summed E-state index contributed by atoms with van der Waals surface area (Å²) in [5, 5.41) is 2.94. The summed E-state index contributed by atoms with van der Waals surface area (Å²) in [4.78, 5) is 0. The fourth-order valence-corrected chi connectivity index (χ4v) is 3.22. The third-order valence-electron chi connectivity index (χ3n) is 4.05. The zero-order valence-electron chi connectivity index (χ0n) is 10.8. The summed E-state index contributed by atoms with van der Waals surface area (Å²) < 4.78 is 0. The van der Waals surface area contributed by atoms with Crippen LogP contribution in [0.3, 0.4) is 0 Å². The topological polar surface area (TPSA) is 0 Å². The van der Waals surface area contributed by atoms with Crippen LogP contribution in [0.15, 0.2) is 36.4 Å². The minimum absolute atomic E-state index is 0.446. The highest BCUT2D eigenvalue weighted by atomic mass is 14.3. The Kier molecular flexibility index (Phi) is 2.47. The van der Waals surface area contributed by atoms with E-state index in [9.17, 15) is 0 Å². The first kappa shape index (κ1) is 10.8. The normalized spacial score (nSPS) is 18.7.